The smallest absolute Gasteiger partial charge is 0.257 e. The van der Waals surface area contributed by atoms with Crippen molar-refractivity contribution in [3.8, 4) is 0 Å². The van der Waals surface area contributed by atoms with Crippen LogP contribution < -0.4 is 5.32 Å². The van der Waals surface area contributed by atoms with Crippen LogP contribution in [-0.4, -0.2) is 39.3 Å². The zero-order chi connectivity index (χ0) is 20.2. The van der Waals surface area contributed by atoms with Gasteiger partial charge in [0.05, 0.1) is 22.3 Å². The fraction of sp³-hybridized carbons (Fsp3) is 0.304. The van der Waals surface area contributed by atoms with Crippen LogP contribution in [0.1, 0.15) is 53.3 Å². The molecule has 0 radical (unpaired) electrons. The highest BCUT2D eigenvalue weighted by atomic mass is 16.2. The SMILES string of the molecule is CCC1CCCCN1C(=O)c1cncc(C(=O)Nc2cccc3cccnc23)c1. The third-order valence-corrected chi connectivity index (χ3v) is 5.49. The van der Waals surface area contributed by atoms with Gasteiger partial charge >= 0.3 is 0 Å². The van der Waals surface area contributed by atoms with Crippen LogP contribution >= 0.6 is 0 Å². The van der Waals surface area contributed by atoms with Crippen molar-refractivity contribution in [3.63, 3.8) is 0 Å². The average molecular weight is 388 g/mol. The number of fused-ring (bicyclic) bond motifs is 1. The van der Waals surface area contributed by atoms with Gasteiger partial charge in [-0.2, -0.15) is 0 Å². The predicted octanol–water partition coefficient (Wildman–Crippen LogP) is 4.29. The lowest BCUT2D eigenvalue weighted by atomic mass is 9.99. The Morgan fingerprint density at radius 1 is 1.14 bits per heavy atom. The summed E-state index contributed by atoms with van der Waals surface area (Å²) in [4.78, 5) is 36.3. The molecule has 1 N–H and O–H groups in total. The molecule has 6 nitrogen and oxygen atoms in total. The quantitative estimate of drug-likeness (QED) is 0.724. The monoisotopic (exact) mass is 388 g/mol. The lowest BCUT2D eigenvalue weighted by Crippen LogP contribution is -2.43. The summed E-state index contributed by atoms with van der Waals surface area (Å²) < 4.78 is 0. The van der Waals surface area contributed by atoms with Crippen molar-refractivity contribution in [3.05, 3.63) is 66.1 Å². The van der Waals surface area contributed by atoms with Crippen molar-refractivity contribution in [1.29, 1.82) is 0 Å². The number of hydrogen-bond donors (Lipinski definition) is 1. The first kappa shape index (κ1) is 19.1. The Morgan fingerprint density at radius 2 is 1.97 bits per heavy atom. The van der Waals surface area contributed by atoms with E-state index in [1.165, 1.54) is 6.20 Å². The third-order valence-electron chi connectivity index (χ3n) is 5.49. The number of pyridine rings is 2. The highest BCUT2D eigenvalue weighted by Gasteiger charge is 2.26. The summed E-state index contributed by atoms with van der Waals surface area (Å²) >= 11 is 0. The number of nitrogens with one attached hydrogen (secondary N) is 1. The van der Waals surface area contributed by atoms with E-state index in [2.05, 4.69) is 22.2 Å². The minimum absolute atomic E-state index is 0.0504. The zero-order valence-electron chi connectivity index (χ0n) is 16.5. The number of rotatable bonds is 4. The summed E-state index contributed by atoms with van der Waals surface area (Å²) in [6.07, 6.45) is 8.86. The van der Waals surface area contributed by atoms with E-state index in [1.54, 1.807) is 18.5 Å². The predicted molar refractivity (Wildman–Crippen MR) is 113 cm³/mol. The highest BCUT2D eigenvalue weighted by molar-refractivity contribution is 6.09. The molecule has 1 fully saturated rings. The molecule has 1 saturated heterocycles. The van der Waals surface area contributed by atoms with Gasteiger partial charge in [0, 0.05) is 36.6 Å². The van der Waals surface area contributed by atoms with Crippen molar-refractivity contribution in [2.45, 2.75) is 38.6 Å². The van der Waals surface area contributed by atoms with E-state index >= 15 is 0 Å². The summed E-state index contributed by atoms with van der Waals surface area (Å²) in [6, 6.07) is 11.3. The van der Waals surface area contributed by atoms with Crippen LogP contribution in [0.3, 0.4) is 0 Å². The lowest BCUT2D eigenvalue weighted by molar-refractivity contribution is 0.0607. The second-order valence-electron chi connectivity index (χ2n) is 7.35. The van der Waals surface area contributed by atoms with E-state index in [1.807, 2.05) is 35.2 Å². The maximum Gasteiger partial charge on any atom is 0.257 e. The number of piperidine rings is 1. The van der Waals surface area contributed by atoms with E-state index in [4.69, 9.17) is 0 Å². The van der Waals surface area contributed by atoms with Gasteiger partial charge in [0.1, 0.15) is 0 Å². The number of hydrogen-bond acceptors (Lipinski definition) is 4. The Morgan fingerprint density at radius 3 is 2.83 bits per heavy atom. The van der Waals surface area contributed by atoms with Crippen LogP contribution in [0, 0.1) is 0 Å². The van der Waals surface area contributed by atoms with Crippen LogP contribution in [0.4, 0.5) is 5.69 Å². The Bertz CT molecular complexity index is 1040. The molecule has 1 unspecified atom stereocenters. The number of benzene rings is 1. The number of aromatic nitrogens is 2. The molecule has 2 amide bonds. The lowest BCUT2D eigenvalue weighted by Gasteiger charge is -2.35. The molecule has 1 aromatic carbocycles. The first-order valence-electron chi connectivity index (χ1n) is 10.1. The molecule has 29 heavy (non-hydrogen) atoms. The van der Waals surface area contributed by atoms with Gasteiger partial charge in [0.15, 0.2) is 0 Å². The molecule has 0 saturated carbocycles. The molecule has 3 aromatic rings. The first-order valence-corrected chi connectivity index (χ1v) is 10.1. The Kier molecular flexibility index (Phi) is 5.51. The van der Waals surface area contributed by atoms with Crippen molar-refractivity contribution in [2.75, 3.05) is 11.9 Å². The Labute approximate surface area is 170 Å². The molecular weight excluding hydrogens is 364 g/mol. The van der Waals surface area contributed by atoms with Crippen molar-refractivity contribution in [1.82, 2.24) is 14.9 Å². The van der Waals surface area contributed by atoms with Crippen molar-refractivity contribution in [2.24, 2.45) is 0 Å². The van der Waals surface area contributed by atoms with E-state index < -0.39 is 0 Å². The number of amides is 2. The standard InChI is InChI=1S/C23H24N4O2/c1-2-19-9-3-4-12-27(19)23(29)18-13-17(14-24-15-18)22(28)26-20-10-5-7-16-8-6-11-25-21(16)20/h5-8,10-11,13-15,19H,2-4,9,12H2,1H3,(H,26,28). The number of para-hydroxylation sites is 1. The van der Waals surface area contributed by atoms with Crippen molar-refractivity contribution >= 4 is 28.4 Å². The number of likely N-dealkylation sites (tertiary alicyclic amines) is 1. The van der Waals surface area contributed by atoms with E-state index in [-0.39, 0.29) is 17.9 Å². The molecule has 148 valence electrons. The fourth-order valence-corrected chi connectivity index (χ4v) is 3.94. The van der Waals surface area contributed by atoms with Crippen molar-refractivity contribution < 1.29 is 9.59 Å². The highest BCUT2D eigenvalue weighted by Crippen LogP contribution is 2.23. The van der Waals surface area contributed by atoms with E-state index in [0.717, 1.165) is 43.1 Å². The van der Waals surface area contributed by atoms with E-state index in [0.29, 0.717) is 16.8 Å². The summed E-state index contributed by atoms with van der Waals surface area (Å²) in [7, 11) is 0. The molecular formula is C23H24N4O2. The number of carbonyl (C=O) groups is 2. The van der Waals surface area contributed by atoms with Gasteiger partial charge in [-0.15, -0.1) is 0 Å². The van der Waals surface area contributed by atoms with E-state index in [9.17, 15) is 9.59 Å². The van der Waals surface area contributed by atoms with Gasteiger partial charge in [-0.3, -0.25) is 19.6 Å². The van der Waals surface area contributed by atoms with Gasteiger partial charge in [-0.1, -0.05) is 25.1 Å². The topological polar surface area (TPSA) is 75.2 Å². The fourth-order valence-electron chi connectivity index (χ4n) is 3.94. The van der Waals surface area contributed by atoms with Crippen LogP contribution in [0.25, 0.3) is 10.9 Å². The summed E-state index contributed by atoms with van der Waals surface area (Å²) in [5, 5.41) is 3.85. The molecule has 4 rings (SSSR count). The summed E-state index contributed by atoms with van der Waals surface area (Å²) in [5.41, 5.74) is 2.16. The number of nitrogens with zero attached hydrogens (tertiary/aromatic N) is 3. The molecule has 0 aliphatic carbocycles. The van der Waals surface area contributed by atoms with Crippen LogP contribution in [-0.2, 0) is 0 Å². The maximum absolute atomic E-state index is 13.0. The molecule has 2 aromatic heterocycles. The Balaban J connectivity index is 1.56. The zero-order valence-corrected chi connectivity index (χ0v) is 16.5. The Hall–Kier alpha value is -3.28. The molecule has 0 bridgehead atoms. The maximum atomic E-state index is 13.0. The third kappa shape index (κ3) is 3.97. The van der Waals surface area contributed by atoms with Gasteiger partial charge in [-0.05, 0) is 43.9 Å². The van der Waals surface area contributed by atoms with Gasteiger partial charge in [-0.25, -0.2) is 0 Å². The molecule has 3 heterocycles. The minimum Gasteiger partial charge on any atom is -0.336 e. The second kappa shape index (κ2) is 8.39. The molecule has 6 heteroatoms. The second-order valence-corrected chi connectivity index (χ2v) is 7.35. The molecule has 0 spiro atoms. The van der Waals surface area contributed by atoms with Gasteiger partial charge < -0.3 is 10.2 Å². The number of carbonyl (C=O) groups excluding carboxylic acids is 2. The van der Waals surface area contributed by atoms with Crippen LogP contribution in [0.5, 0.6) is 0 Å². The minimum atomic E-state index is -0.309. The van der Waals surface area contributed by atoms with Crippen LogP contribution in [0.15, 0.2) is 55.0 Å². The normalized spacial score (nSPS) is 16.6. The summed E-state index contributed by atoms with van der Waals surface area (Å²) in [6.45, 7) is 2.87. The average Bonchev–Trinajstić information content (AvgIpc) is 2.79. The molecule has 1 aliphatic rings. The summed E-state index contributed by atoms with van der Waals surface area (Å²) in [5.74, 6) is -0.360. The molecule has 1 aliphatic heterocycles. The molecule has 1 atom stereocenters. The van der Waals surface area contributed by atoms with Crippen LogP contribution in [0.2, 0.25) is 0 Å². The first-order chi connectivity index (χ1) is 14.2. The van der Waals surface area contributed by atoms with Gasteiger partial charge in [0.2, 0.25) is 0 Å². The van der Waals surface area contributed by atoms with Gasteiger partial charge in [0.25, 0.3) is 11.8 Å². The largest absolute Gasteiger partial charge is 0.336 e. The number of anilines is 1.